The number of rotatable bonds is 5. The fourth-order valence-electron chi connectivity index (χ4n) is 2.92. The predicted molar refractivity (Wildman–Crippen MR) is 92.0 cm³/mol. The van der Waals surface area contributed by atoms with E-state index in [4.69, 9.17) is 0 Å². The second-order valence-electron chi connectivity index (χ2n) is 6.23. The Morgan fingerprint density at radius 3 is 2.37 bits per heavy atom. The van der Waals surface area contributed by atoms with Crippen molar-refractivity contribution in [2.45, 2.75) is 25.7 Å². The Labute approximate surface area is 153 Å². The van der Waals surface area contributed by atoms with Crippen molar-refractivity contribution in [3.8, 4) is 5.75 Å². The highest BCUT2D eigenvalue weighted by atomic mass is 19.4. The van der Waals surface area contributed by atoms with Crippen LogP contribution in [0.3, 0.4) is 0 Å². The number of alkyl halides is 3. The van der Waals surface area contributed by atoms with Crippen molar-refractivity contribution < 1.29 is 27.1 Å². The number of ether oxygens (including phenoxy) is 1. The van der Waals surface area contributed by atoms with Crippen LogP contribution in [-0.2, 0) is 6.54 Å². The van der Waals surface area contributed by atoms with E-state index >= 15 is 0 Å². The molecule has 0 saturated carbocycles. The van der Waals surface area contributed by atoms with Crippen molar-refractivity contribution >= 4 is 11.6 Å². The van der Waals surface area contributed by atoms with Gasteiger partial charge in [-0.15, -0.1) is 13.2 Å². The molecule has 27 heavy (non-hydrogen) atoms. The molecular formula is C19H18F4N2O2. The van der Waals surface area contributed by atoms with Gasteiger partial charge in [-0.1, -0.05) is 6.07 Å². The topological polar surface area (TPSA) is 41.6 Å². The van der Waals surface area contributed by atoms with Crippen molar-refractivity contribution in [3.63, 3.8) is 0 Å². The Hall–Kier alpha value is -2.77. The number of hydrogen-bond acceptors (Lipinski definition) is 3. The Balaban J connectivity index is 1.65. The minimum absolute atomic E-state index is 0.00507. The van der Waals surface area contributed by atoms with Gasteiger partial charge in [-0.2, -0.15) is 0 Å². The number of amides is 1. The lowest BCUT2D eigenvalue weighted by atomic mass is 10.1. The Morgan fingerprint density at radius 2 is 1.74 bits per heavy atom. The number of carbonyl (C=O) groups is 1. The number of benzene rings is 2. The highest BCUT2D eigenvalue weighted by Gasteiger charge is 2.32. The van der Waals surface area contributed by atoms with Gasteiger partial charge in [0.05, 0.1) is 0 Å². The Kier molecular flexibility index (Phi) is 5.53. The summed E-state index contributed by atoms with van der Waals surface area (Å²) in [5, 5.41) is 2.95. The highest BCUT2D eigenvalue weighted by Crippen LogP contribution is 2.28. The third kappa shape index (κ3) is 5.12. The van der Waals surface area contributed by atoms with E-state index in [0.29, 0.717) is 17.3 Å². The third-order valence-corrected chi connectivity index (χ3v) is 4.26. The van der Waals surface area contributed by atoms with E-state index in [9.17, 15) is 22.4 Å². The van der Waals surface area contributed by atoms with E-state index in [1.54, 1.807) is 29.2 Å². The second kappa shape index (κ2) is 7.85. The molecule has 144 valence electrons. The van der Waals surface area contributed by atoms with Gasteiger partial charge in [-0.05, 0) is 43.2 Å². The predicted octanol–water partition coefficient (Wildman–Crippen LogP) is 4.57. The van der Waals surface area contributed by atoms with Gasteiger partial charge < -0.3 is 15.0 Å². The van der Waals surface area contributed by atoms with Crippen LogP contribution >= 0.6 is 0 Å². The summed E-state index contributed by atoms with van der Waals surface area (Å²) in [5.41, 5.74) is 1.34. The maximum absolute atomic E-state index is 13.2. The molecule has 1 N–H and O–H groups in total. The number of anilines is 1. The molecule has 0 atom stereocenters. The standard InChI is InChI=1S/C19H18F4N2O2/c20-15-6-3-14(17(11-15)27-19(21,22)23)12-24-16-7-4-13(5-8-16)18(26)25-9-1-2-10-25/h3-8,11,24H,1-2,9-10,12H2. The van der Waals surface area contributed by atoms with Crippen molar-refractivity contribution in [2.75, 3.05) is 18.4 Å². The van der Waals surface area contributed by atoms with Crippen LogP contribution < -0.4 is 10.1 Å². The molecule has 0 radical (unpaired) electrons. The number of nitrogens with zero attached hydrogens (tertiary/aromatic N) is 1. The summed E-state index contributed by atoms with van der Waals surface area (Å²) in [6.45, 7) is 1.52. The van der Waals surface area contributed by atoms with Crippen LogP contribution in [0.2, 0.25) is 0 Å². The van der Waals surface area contributed by atoms with Crippen LogP contribution in [0.4, 0.5) is 23.2 Å². The van der Waals surface area contributed by atoms with E-state index < -0.39 is 17.9 Å². The van der Waals surface area contributed by atoms with Crippen LogP contribution in [0.25, 0.3) is 0 Å². The molecule has 4 nitrogen and oxygen atoms in total. The fourth-order valence-corrected chi connectivity index (χ4v) is 2.92. The number of hydrogen-bond donors (Lipinski definition) is 1. The van der Waals surface area contributed by atoms with Crippen molar-refractivity contribution in [1.29, 1.82) is 0 Å². The Bertz CT molecular complexity index is 800. The first-order valence-electron chi connectivity index (χ1n) is 8.49. The molecule has 0 aromatic heterocycles. The zero-order valence-electron chi connectivity index (χ0n) is 14.4. The first-order chi connectivity index (χ1) is 12.8. The lowest BCUT2D eigenvalue weighted by Gasteiger charge is -2.16. The molecular weight excluding hydrogens is 364 g/mol. The zero-order valence-corrected chi connectivity index (χ0v) is 14.4. The summed E-state index contributed by atoms with van der Waals surface area (Å²) in [4.78, 5) is 14.1. The second-order valence-corrected chi connectivity index (χ2v) is 6.23. The van der Waals surface area contributed by atoms with E-state index in [1.807, 2.05) is 0 Å². The summed E-state index contributed by atoms with van der Waals surface area (Å²) in [6, 6.07) is 9.69. The SMILES string of the molecule is O=C(c1ccc(NCc2ccc(F)cc2OC(F)(F)F)cc1)N1CCCC1. The van der Waals surface area contributed by atoms with Gasteiger partial charge in [0, 0.05) is 42.5 Å². The van der Waals surface area contributed by atoms with Gasteiger partial charge >= 0.3 is 6.36 Å². The molecule has 2 aromatic carbocycles. The van der Waals surface area contributed by atoms with Crippen LogP contribution in [0.5, 0.6) is 5.75 Å². The molecule has 1 saturated heterocycles. The maximum Gasteiger partial charge on any atom is 0.573 e. The number of halogens is 4. The highest BCUT2D eigenvalue weighted by molar-refractivity contribution is 5.94. The lowest BCUT2D eigenvalue weighted by molar-refractivity contribution is -0.274. The molecule has 1 aliphatic heterocycles. The molecule has 3 rings (SSSR count). The molecule has 2 aromatic rings. The van der Waals surface area contributed by atoms with Gasteiger partial charge in [-0.25, -0.2) is 4.39 Å². The molecule has 0 bridgehead atoms. The van der Waals surface area contributed by atoms with E-state index in [1.165, 1.54) is 6.07 Å². The smallest absolute Gasteiger partial charge is 0.405 e. The largest absolute Gasteiger partial charge is 0.573 e. The normalized spacial score (nSPS) is 14.3. The number of nitrogens with one attached hydrogen (secondary N) is 1. The molecule has 0 spiro atoms. The van der Waals surface area contributed by atoms with E-state index in [2.05, 4.69) is 10.1 Å². The fraction of sp³-hybridized carbons (Fsp3) is 0.316. The van der Waals surface area contributed by atoms with Crippen LogP contribution in [-0.4, -0.2) is 30.3 Å². The lowest BCUT2D eigenvalue weighted by Crippen LogP contribution is -2.27. The molecule has 1 aliphatic rings. The van der Waals surface area contributed by atoms with Gasteiger partial charge in [-0.3, -0.25) is 4.79 Å². The molecule has 0 aliphatic carbocycles. The monoisotopic (exact) mass is 382 g/mol. The maximum atomic E-state index is 13.2. The van der Waals surface area contributed by atoms with Gasteiger partial charge in [0.25, 0.3) is 5.91 Å². The van der Waals surface area contributed by atoms with Crippen molar-refractivity contribution in [2.24, 2.45) is 0 Å². The number of carbonyl (C=O) groups excluding carboxylic acids is 1. The quantitative estimate of drug-likeness (QED) is 0.770. The molecule has 1 fully saturated rings. The van der Waals surface area contributed by atoms with Crippen LogP contribution in [0.1, 0.15) is 28.8 Å². The number of likely N-dealkylation sites (tertiary alicyclic amines) is 1. The van der Waals surface area contributed by atoms with E-state index in [-0.39, 0.29) is 18.0 Å². The summed E-state index contributed by atoms with van der Waals surface area (Å²) in [5.74, 6) is -1.43. The van der Waals surface area contributed by atoms with Gasteiger partial charge in [0.15, 0.2) is 0 Å². The zero-order chi connectivity index (χ0) is 19.4. The summed E-state index contributed by atoms with van der Waals surface area (Å²) in [7, 11) is 0. The van der Waals surface area contributed by atoms with Crippen LogP contribution in [0.15, 0.2) is 42.5 Å². The molecule has 1 heterocycles. The van der Waals surface area contributed by atoms with Gasteiger partial charge in [0.1, 0.15) is 11.6 Å². The third-order valence-electron chi connectivity index (χ3n) is 4.26. The first-order valence-corrected chi connectivity index (χ1v) is 8.49. The van der Waals surface area contributed by atoms with Crippen molar-refractivity contribution in [3.05, 3.63) is 59.4 Å². The first kappa shape index (κ1) is 19.0. The van der Waals surface area contributed by atoms with Crippen molar-refractivity contribution in [1.82, 2.24) is 4.90 Å². The van der Waals surface area contributed by atoms with Gasteiger partial charge in [0.2, 0.25) is 0 Å². The Morgan fingerprint density at radius 1 is 1.07 bits per heavy atom. The molecule has 1 amide bonds. The minimum Gasteiger partial charge on any atom is -0.405 e. The summed E-state index contributed by atoms with van der Waals surface area (Å²) in [6.07, 6.45) is -2.89. The minimum atomic E-state index is -4.90. The summed E-state index contributed by atoms with van der Waals surface area (Å²) >= 11 is 0. The molecule has 0 unspecified atom stereocenters. The summed E-state index contributed by atoms with van der Waals surface area (Å²) < 4.78 is 54.5. The molecule has 8 heteroatoms. The van der Waals surface area contributed by atoms with Crippen LogP contribution in [0, 0.1) is 5.82 Å². The van der Waals surface area contributed by atoms with E-state index in [0.717, 1.165) is 32.0 Å². The average molecular weight is 382 g/mol. The average Bonchev–Trinajstić information content (AvgIpc) is 3.14.